The molecule has 98 valence electrons. The van der Waals surface area contributed by atoms with Crippen LogP contribution in [0.2, 0.25) is 0 Å². The van der Waals surface area contributed by atoms with Gasteiger partial charge >= 0.3 is 0 Å². The highest BCUT2D eigenvalue weighted by atomic mass is 16.2. The van der Waals surface area contributed by atoms with Gasteiger partial charge in [0.15, 0.2) is 0 Å². The number of nitrogens with two attached hydrogens (primary N) is 1. The standard InChI is InChI=1S/C14H21N3O/c1-3-9-17(10-8-15)13(18)14(11-16)6-4-12(2)5-7-14/h1,12H,4-7,9-11,16H2,2H3. The lowest BCUT2D eigenvalue weighted by Crippen LogP contribution is -2.50. The van der Waals surface area contributed by atoms with Gasteiger partial charge in [-0.05, 0) is 31.6 Å². The van der Waals surface area contributed by atoms with Gasteiger partial charge in [-0.25, -0.2) is 0 Å². The minimum absolute atomic E-state index is 0.0420. The molecule has 0 spiro atoms. The first-order valence-electron chi connectivity index (χ1n) is 6.39. The highest BCUT2D eigenvalue weighted by Gasteiger charge is 2.42. The molecule has 0 aromatic carbocycles. The molecule has 4 heteroatoms. The van der Waals surface area contributed by atoms with E-state index in [1.165, 1.54) is 4.90 Å². The van der Waals surface area contributed by atoms with Gasteiger partial charge in [-0.15, -0.1) is 6.42 Å². The van der Waals surface area contributed by atoms with Crippen molar-refractivity contribution in [1.82, 2.24) is 4.90 Å². The summed E-state index contributed by atoms with van der Waals surface area (Å²) in [4.78, 5) is 14.0. The van der Waals surface area contributed by atoms with E-state index in [1.807, 2.05) is 6.07 Å². The summed E-state index contributed by atoms with van der Waals surface area (Å²) in [6, 6.07) is 1.99. The van der Waals surface area contributed by atoms with Crippen LogP contribution in [0.5, 0.6) is 0 Å². The lowest BCUT2D eigenvalue weighted by molar-refractivity contribution is -0.142. The van der Waals surface area contributed by atoms with Crippen LogP contribution in [-0.2, 0) is 4.79 Å². The van der Waals surface area contributed by atoms with Gasteiger partial charge in [0.2, 0.25) is 5.91 Å². The molecule has 1 saturated carbocycles. The summed E-state index contributed by atoms with van der Waals surface area (Å²) in [5.41, 5.74) is 5.33. The van der Waals surface area contributed by atoms with Crippen LogP contribution < -0.4 is 5.73 Å². The molecule has 0 aliphatic heterocycles. The number of nitriles is 1. The average molecular weight is 247 g/mol. The first kappa shape index (κ1) is 14.5. The maximum absolute atomic E-state index is 12.5. The summed E-state index contributed by atoms with van der Waals surface area (Å²) in [5, 5.41) is 8.77. The molecular weight excluding hydrogens is 226 g/mol. The minimum Gasteiger partial charge on any atom is -0.329 e. The van der Waals surface area contributed by atoms with Crippen molar-refractivity contribution in [2.75, 3.05) is 19.6 Å². The van der Waals surface area contributed by atoms with E-state index in [0.29, 0.717) is 12.5 Å². The molecule has 1 aliphatic rings. The molecule has 4 nitrogen and oxygen atoms in total. The number of carbonyl (C=O) groups excluding carboxylic acids is 1. The Balaban J connectivity index is 2.83. The normalized spacial score (nSPS) is 27.0. The molecule has 0 unspecified atom stereocenters. The number of hydrogen-bond acceptors (Lipinski definition) is 3. The van der Waals surface area contributed by atoms with Gasteiger partial charge in [-0.2, -0.15) is 5.26 Å². The van der Waals surface area contributed by atoms with Crippen molar-refractivity contribution in [3.8, 4) is 18.4 Å². The zero-order valence-corrected chi connectivity index (χ0v) is 11.0. The number of amides is 1. The predicted molar refractivity (Wildman–Crippen MR) is 70.1 cm³/mol. The monoisotopic (exact) mass is 247 g/mol. The average Bonchev–Trinajstić information content (AvgIpc) is 2.39. The quantitative estimate of drug-likeness (QED) is 0.598. The Bertz CT molecular complexity index is 353. The van der Waals surface area contributed by atoms with Crippen molar-refractivity contribution in [3.05, 3.63) is 0 Å². The van der Waals surface area contributed by atoms with Crippen molar-refractivity contribution in [2.45, 2.75) is 32.6 Å². The Morgan fingerprint density at radius 2 is 2.11 bits per heavy atom. The van der Waals surface area contributed by atoms with Gasteiger partial charge in [-0.3, -0.25) is 4.79 Å². The lowest BCUT2D eigenvalue weighted by Gasteiger charge is -2.39. The minimum atomic E-state index is -0.500. The third-order valence-electron chi connectivity index (χ3n) is 3.91. The molecule has 0 radical (unpaired) electrons. The Labute approximate surface area is 109 Å². The molecule has 2 N–H and O–H groups in total. The van der Waals surface area contributed by atoms with Crippen molar-refractivity contribution in [1.29, 1.82) is 5.26 Å². The lowest BCUT2D eigenvalue weighted by atomic mass is 9.70. The van der Waals surface area contributed by atoms with Gasteiger partial charge < -0.3 is 10.6 Å². The molecule has 0 aromatic heterocycles. The fraction of sp³-hybridized carbons (Fsp3) is 0.714. The Hall–Kier alpha value is -1.52. The third kappa shape index (κ3) is 3.03. The van der Waals surface area contributed by atoms with Crippen LogP contribution >= 0.6 is 0 Å². The van der Waals surface area contributed by atoms with Crippen LogP contribution in [0, 0.1) is 35.0 Å². The van der Waals surface area contributed by atoms with Crippen LogP contribution in [0.4, 0.5) is 0 Å². The second kappa shape index (κ2) is 6.42. The number of terminal acetylenes is 1. The first-order valence-corrected chi connectivity index (χ1v) is 6.39. The zero-order chi connectivity index (χ0) is 13.6. The predicted octanol–water partition coefficient (Wildman–Crippen LogP) is 1.13. The van der Waals surface area contributed by atoms with Gasteiger partial charge in [-0.1, -0.05) is 12.8 Å². The maximum atomic E-state index is 12.5. The molecule has 0 atom stereocenters. The fourth-order valence-corrected chi connectivity index (χ4v) is 2.55. The summed E-state index contributed by atoms with van der Waals surface area (Å²) in [5.74, 6) is 3.04. The summed E-state index contributed by atoms with van der Waals surface area (Å²) >= 11 is 0. The molecule has 0 heterocycles. The maximum Gasteiger partial charge on any atom is 0.231 e. The molecule has 0 aromatic rings. The first-order chi connectivity index (χ1) is 8.59. The molecule has 0 bridgehead atoms. The van der Waals surface area contributed by atoms with Crippen molar-refractivity contribution in [3.63, 3.8) is 0 Å². The zero-order valence-electron chi connectivity index (χ0n) is 11.0. The van der Waals surface area contributed by atoms with E-state index in [2.05, 4.69) is 12.8 Å². The molecule has 18 heavy (non-hydrogen) atoms. The van der Waals surface area contributed by atoms with Crippen LogP contribution in [0.15, 0.2) is 0 Å². The summed E-state index contributed by atoms with van der Waals surface area (Å²) in [6.45, 7) is 2.76. The van der Waals surface area contributed by atoms with E-state index in [4.69, 9.17) is 17.4 Å². The van der Waals surface area contributed by atoms with E-state index in [9.17, 15) is 4.79 Å². The number of nitrogens with zero attached hydrogens (tertiary/aromatic N) is 2. The Morgan fingerprint density at radius 3 is 2.56 bits per heavy atom. The van der Waals surface area contributed by atoms with Crippen LogP contribution in [-0.4, -0.2) is 30.4 Å². The van der Waals surface area contributed by atoms with Crippen molar-refractivity contribution in [2.24, 2.45) is 17.1 Å². The largest absolute Gasteiger partial charge is 0.329 e. The third-order valence-corrected chi connectivity index (χ3v) is 3.91. The summed E-state index contributed by atoms with van der Waals surface area (Å²) < 4.78 is 0. The number of carbonyl (C=O) groups is 1. The highest BCUT2D eigenvalue weighted by Crippen LogP contribution is 2.39. The van der Waals surface area contributed by atoms with E-state index >= 15 is 0 Å². The smallest absolute Gasteiger partial charge is 0.231 e. The van der Waals surface area contributed by atoms with Gasteiger partial charge in [0.1, 0.15) is 6.54 Å². The molecular formula is C14H21N3O. The Kier molecular flexibility index (Phi) is 5.19. The van der Waals surface area contributed by atoms with E-state index < -0.39 is 5.41 Å². The SMILES string of the molecule is C#CCN(CC#N)C(=O)C1(CN)CCC(C)CC1. The van der Waals surface area contributed by atoms with Crippen molar-refractivity contribution >= 4 is 5.91 Å². The topological polar surface area (TPSA) is 70.1 Å². The molecule has 1 aliphatic carbocycles. The van der Waals surface area contributed by atoms with E-state index in [-0.39, 0.29) is 19.0 Å². The summed E-state index contributed by atoms with van der Waals surface area (Å²) in [7, 11) is 0. The second-order valence-electron chi connectivity index (χ2n) is 5.19. The van der Waals surface area contributed by atoms with Crippen LogP contribution in [0.25, 0.3) is 0 Å². The van der Waals surface area contributed by atoms with Gasteiger partial charge in [0.25, 0.3) is 0 Å². The van der Waals surface area contributed by atoms with Gasteiger partial charge in [0, 0.05) is 6.54 Å². The van der Waals surface area contributed by atoms with Crippen LogP contribution in [0.1, 0.15) is 32.6 Å². The Morgan fingerprint density at radius 1 is 1.50 bits per heavy atom. The second-order valence-corrected chi connectivity index (χ2v) is 5.19. The van der Waals surface area contributed by atoms with Crippen molar-refractivity contribution < 1.29 is 4.79 Å². The van der Waals surface area contributed by atoms with Gasteiger partial charge in [0.05, 0.1) is 18.0 Å². The van der Waals surface area contributed by atoms with E-state index in [0.717, 1.165) is 25.7 Å². The van der Waals surface area contributed by atoms with Crippen LogP contribution in [0.3, 0.4) is 0 Å². The molecule has 1 rings (SSSR count). The molecule has 1 amide bonds. The highest BCUT2D eigenvalue weighted by molar-refractivity contribution is 5.83. The molecule has 0 saturated heterocycles. The summed E-state index contributed by atoms with van der Waals surface area (Å²) in [6.07, 6.45) is 8.88. The number of rotatable bonds is 4. The fourth-order valence-electron chi connectivity index (χ4n) is 2.55. The number of hydrogen-bond donors (Lipinski definition) is 1. The van der Waals surface area contributed by atoms with E-state index in [1.54, 1.807) is 0 Å². The molecule has 1 fully saturated rings.